The van der Waals surface area contributed by atoms with Gasteiger partial charge in [0, 0.05) is 44.7 Å². The molecule has 1 saturated heterocycles. The fourth-order valence-electron chi connectivity index (χ4n) is 3.19. The third-order valence-electron chi connectivity index (χ3n) is 4.67. The van der Waals surface area contributed by atoms with Crippen molar-refractivity contribution in [1.29, 1.82) is 0 Å². The van der Waals surface area contributed by atoms with Crippen molar-refractivity contribution in [2.75, 3.05) is 64.8 Å². The Morgan fingerprint density at radius 2 is 1.88 bits per heavy atom. The Kier molecular flexibility index (Phi) is 6.38. The highest BCUT2D eigenvalue weighted by atomic mass is 16.5. The first-order valence-corrected chi connectivity index (χ1v) is 8.88. The van der Waals surface area contributed by atoms with Crippen LogP contribution >= 0.6 is 0 Å². The van der Waals surface area contributed by atoms with Gasteiger partial charge in [0.15, 0.2) is 0 Å². The van der Waals surface area contributed by atoms with E-state index in [1.165, 1.54) is 0 Å². The Hall–Kier alpha value is -1.96. The number of ether oxygens (including phenoxy) is 1. The molecule has 1 aliphatic rings. The predicted octanol–water partition coefficient (Wildman–Crippen LogP) is 1.05. The molecule has 2 aromatic rings. The number of nitrogens with one attached hydrogen (secondary N) is 1. The molecule has 7 heteroatoms. The number of nitrogens with zero attached hydrogens (tertiary/aromatic N) is 4. The maximum Gasteiger partial charge on any atom is 0.137 e. The van der Waals surface area contributed by atoms with Gasteiger partial charge in [0.2, 0.25) is 0 Å². The topological polar surface area (TPSA) is 73.8 Å². The van der Waals surface area contributed by atoms with Crippen LogP contribution < -0.4 is 10.1 Å². The van der Waals surface area contributed by atoms with Crippen molar-refractivity contribution in [3.05, 3.63) is 24.5 Å². The van der Waals surface area contributed by atoms with Crippen molar-refractivity contribution in [2.24, 2.45) is 0 Å². The van der Waals surface area contributed by atoms with Gasteiger partial charge in [0.05, 0.1) is 19.2 Å². The lowest BCUT2D eigenvalue weighted by atomic mass is 10.2. The van der Waals surface area contributed by atoms with Gasteiger partial charge in [-0.25, -0.2) is 9.97 Å². The third kappa shape index (κ3) is 4.78. The lowest BCUT2D eigenvalue weighted by molar-refractivity contribution is 0.112. The summed E-state index contributed by atoms with van der Waals surface area (Å²) >= 11 is 0. The van der Waals surface area contributed by atoms with Crippen LogP contribution in [0.1, 0.15) is 6.42 Å². The zero-order valence-electron chi connectivity index (χ0n) is 14.8. The zero-order chi connectivity index (χ0) is 17.5. The zero-order valence-corrected chi connectivity index (χ0v) is 14.8. The van der Waals surface area contributed by atoms with Crippen LogP contribution in [0.3, 0.4) is 0 Å². The highest BCUT2D eigenvalue weighted by Gasteiger charge is 2.15. The van der Waals surface area contributed by atoms with E-state index in [9.17, 15) is 0 Å². The molecule has 0 atom stereocenters. The minimum Gasteiger partial charge on any atom is -0.497 e. The predicted molar refractivity (Wildman–Crippen MR) is 99.2 cm³/mol. The Bertz CT molecular complexity index is 674. The number of rotatable bonds is 8. The molecule has 0 bridgehead atoms. The quantitative estimate of drug-likeness (QED) is 0.693. The molecule has 7 nitrogen and oxygen atoms in total. The number of piperazine rings is 1. The average molecular weight is 345 g/mol. The average Bonchev–Trinajstić information content (AvgIpc) is 2.66. The number of aliphatic hydroxyl groups is 1. The van der Waals surface area contributed by atoms with E-state index in [2.05, 4.69) is 25.1 Å². The molecule has 1 fully saturated rings. The molecule has 0 aliphatic carbocycles. The van der Waals surface area contributed by atoms with Gasteiger partial charge in [-0.2, -0.15) is 0 Å². The van der Waals surface area contributed by atoms with Gasteiger partial charge < -0.3 is 20.1 Å². The molecule has 1 aromatic heterocycles. The largest absolute Gasteiger partial charge is 0.497 e. The lowest BCUT2D eigenvalue weighted by Gasteiger charge is -2.34. The van der Waals surface area contributed by atoms with Gasteiger partial charge in [-0.3, -0.25) is 4.90 Å². The molecule has 0 saturated carbocycles. The van der Waals surface area contributed by atoms with Crippen molar-refractivity contribution in [3.8, 4) is 5.75 Å². The molecule has 0 unspecified atom stereocenters. The second-order valence-corrected chi connectivity index (χ2v) is 6.29. The van der Waals surface area contributed by atoms with Crippen molar-refractivity contribution in [2.45, 2.75) is 6.42 Å². The molecule has 2 heterocycles. The van der Waals surface area contributed by atoms with E-state index in [1.54, 1.807) is 13.4 Å². The first-order chi connectivity index (χ1) is 12.3. The molecule has 1 aliphatic heterocycles. The van der Waals surface area contributed by atoms with Gasteiger partial charge in [0.25, 0.3) is 0 Å². The lowest BCUT2D eigenvalue weighted by Crippen LogP contribution is -2.47. The number of benzene rings is 1. The number of anilines is 1. The SMILES string of the molecule is COc1ccc2ncnc(NCCCN3CCN(CCO)CC3)c2c1. The summed E-state index contributed by atoms with van der Waals surface area (Å²) < 4.78 is 5.30. The van der Waals surface area contributed by atoms with Crippen LogP contribution in [0, 0.1) is 0 Å². The number of aliphatic hydroxyl groups excluding tert-OH is 1. The minimum atomic E-state index is 0.252. The van der Waals surface area contributed by atoms with Gasteiger partial charge in [-0.1, -0.05) is 0 Å². The number of methoxy groups -OCH3 is 1. The van der Waals surface area contributed by atoms with E-state index in [-0.39, 0.29) is 6.61 Å². The van der Waals surface area contributed by atoms with E-state index < -0.39 is 0 Å². The molecule has 2 N–H and O–H groups in total. The maximum absolute atomic E-state index is 8.99. The monoisotopic (exact) mass is 345 g/mol. The number of hydrogen-bond donors (Lipinski definition) is 2. The summed E-state index contributed by atoms with van der Waals surface area (Å²) in [6.45, 7) is 7.24. The Labute approximate surface area is 148 Å². The Morgan fingerprint density at radius 1 is 1.12 bits per heavy atom. The van der Waals surface area contributed by atoms with Gasteiger partial charge in [-0.15, -0.1) is 0 Å². The summed E-state index contributed by atoms with van der Waals surface area (Å²) in [6, 6.07) is 5.83. The smallest absolute Gasteiger partial charge is 0.137 e. The van der Waals surface area contributed by atoms with E-state index in [0.717, 1.165) is 74.7 Å². The molecule has 0 amide bonds. The molecule has 25 heavy (non-hydrogen) atoms. The Balaban J connectivity index is 1.47. The minimum absolute atomic E-state index is 0.252. The number of β-amino-alcohol motifs (C(OH)–C–C–N with tert-alkyl or cyclic N) is 1. The van der Waals surface area contributed by atoms with E-state index >= 15 is 0 Å². The van der Waals surface area contributed by atoms with Crippen molar-refractivity contribution in [3.63, 3.8) is 0 Å². The number of aromatic nitrogens is 2. The highest BCUT2D eigenvalue weighted by molar-refractivity contribution is 5.89. The first-order valence-electron chi connectivity index (χ1n) is 8.88. The molecule has 0 radical (unpaired) electrons. The van der Waals surface area contributed by atoms with Crippen LogP contribution in [0.15, 0.2) is 24.5 Å². The third-order valence-corrected chi connectivity index (χ3v) is 4.67. The fourth-order valence-corrected chi connectivity index (χ4v) is 3.19. The molecular weight excluding hydrogens is 318 g/mol. The second kappa shape index (κ2) is 8.94. The summed E-state index contributed by atoms with van der Waals surface area (Å²) in [5.41, 5.74) is 0.915. The van der Waals surface area contributed by atoms with Gasteiger partial charge in [0.1, 0.15) is 17.9 Å². The van der Waals surface area contributed by atoms with Crippen molar-refractivity contribution < 1.29 is 9.84 Å². The highest BCUT2D eigenvalue weighted by Crippen LogP contribution is 2.24. The van der Waals surface area contributed by atoms with Crippen LogP contribution in [-0.4, -0.2) is 84.4 Å². The normalized spacial score (nSPS) is 16.2. The maximum atomic E-state index is 8.99. The van der Waals surface area contributed by atoms with E-state index in [1.807, 2.05) is 18.2 Å². The molecule has 136 valence electrons. The fraction of sp³-hybridized carbons (Fsp3) is 0.556. The molecule has 3 rings (SSSR count). The number of fused-ring (bicyclic) bond motifs is 1. The summed E-state index contributed by atoms with van der Waals surface area (Å²) in [5.74, 6) is 1.67. The van der Waals surface area contributed by atoms with Crippen LogP contribution in [-0.2, 0) is 0 Å². The summed E-state index contributed by atoms with van der Waals surface area (Å²) in [7, 11) is 1.67. The second-order valence-electron chi connectivity index (χ2n) is 6.29. The molecular formula is C18H27N5O2. The van der Waals surface area contributed by atoms with E-state index in [0.29, 0.717) is 0 Å². The van der Waals surface area contributed by atoms with Crippen LogP contribution in [0.25, 0.3) is 10.9 Å². The molecule has 0 spiro atoms. The first kappa shape index (κ1) is 17.8. The van der Waals surface area contributed by atoms with Crippen LogP contribution in [0.2, 0.25) is 0 Å². The van der Waals surface area contributed by atoms with Crippen LogP contribution in [0.4, 0.5) is 5.82 Å². The van der Waals surface area contributed by atoms with Crippen LogP contribution in [0.5, 0.6) is 5.75 Å². The standard InChI is InChI=1S/C18H27N5O2/c1-25-15-3-4-17-16(13-15)18(21-14-20-17)19-5-2-6-22-7-9-23(10-8-22)11-12-24/h3-4,13-14,24H,2,5-12H2,1H3,(H,19,20,21). The number of hydrogen-bond acceptors (Lipinski definition) is 7. The summed E-state index contributed by atoms with van der Waals surface area (Å²) in [4.78, 5) is 13.5. The van der Waals surface area contributed by atoms with Crippen molar-refractivity contribution in [1.82, 2.24) is 19.8 Å². The van der Waals surface area contributed by atoms with E-state index in [4.69, 9.17) is 9.84 Å². The summed E-state index contributed by atoms with van der Waals surface area (Å²) in [5, 5.41) is 13.4. The molecule has 1 aromatic carbocycles. The Morgan fingerprint density at radius 3 is 2.60 bits per heavy atom. The summed E-state index contributed by atoms with van der Waals surface area (Å²) in [6.07, 6.45) is 2.66. The van der Waals surface area contributed by atoms with Gasteiger partial charge >= 0.3 is 0 Å². The van der Waals surface area contributed by atoms with Crippen molar-refractivity contribution >= 4 is 16.7 Å². The van der Waals surface area contributed by atoms with Gasteiger partial charge in [-0.05, 0) is 31.2 Å².